The van der Waals surface area contributed by atoms with Crippen molar-refractivity contribution in [2.24, 2.45) is 5.73 Å². The van der Waals surface area contributed by atoms with E-state index in [1.165, 1.54) is 11.8 Å². The number of hydrogen-bond acceptors (Lipinski definition) is 6. The van der Waals surface area contributed by atoms with Gasteiger partial charge in [-0.25, -0.2) is 4.79 Å². The molecular weight excluding hydrogens is 366 g/mol. The normalized spacial score (nSPS) is 18.2. The zero-order chi connectivity index (χ0) is 20.7. The number of nitrogens with one attached hydrogen (secondary N) is 1. The monoisotopic (exact) mass is 391 g/mol. The van der Waals surface area contributed by atoms with Gasteiger partial charge in [0.15, 0.2) is 0 Å². The maximum absolute atomic E-state index is 12.4. The lowest BCUT2D eigenvalue weighted by molar-refractivity contribution is -0.149. The summed E-state index contributed by atoms with van der Waals surface area (Å²) in [7, 11) is 0. The van der Waals surface area contributed by atoms with Crippen LogP contribution < -0.4 is 11.1 Å². The minimum atomic E-state index is -1.17. The number of carbonyl (C=O) groups is 4. The minimum absolute atomic E-state index is 0.0778. The van der Waals surface area contributed by atoms with E-state index in [4.69, 9.17) is 15.6 Å². The first-order chi connectivity index (χ1) is 13.3. The molecule has 1 saturated heterocycles. The van der Waals surface area contributed by atoms with Crippen molar-refractivity contribution in [2.45, 2.75) is 50.9 Å². The van der Waals surface area contributed by atoms with Crippen LogP contribution in [0.15, 0.2) is 30.3 Å². The zero-order valence-corrected chi connectivity index (χ0v) is 15.7. The molecule has 3 atom stereocenters. The van der Waals surface area contributed by atoms with Gasteiger partial charge in [-0.3, -0.25) is 14.4 Å². The quantitative estimate of drug-likeness (QED) is 0.531. The van der Waals surface area contributed by atoms with E-state index in [0.717, 1.165) is 5.56 Å². The van der Waals surface area contributed by atoms with E-state index < -0.39 is 41.9 Å². The van der Waals surface area contributed by atoms with Crippen molar-refractivity contribution in [1.82, 2.24) is 10.2 Å². The smallest absolute Gasteiger partial charge is 0.326 e. The number of likely N-dealkylation sites (tertiary alicyclic amines) is 1. The summed E-state index contributed by atoms with van der Waals surface area (Å²) in [5.41, 5.74) is 6.54. The van der Waals surface area contributed by atoms with Gasteiger partial charge in [0.2, 0.25) is 11.8 Å². The van der Waals surface area contributed by atoms with E-state index in [9.17, 15) is 19.2 Å². The standard InChI is InChI=1S/C19H25N3O6/c1-12(18(25)22-9-5-8-15(22)19(26)27)21-17(24)14(20)10-16(23)28-11-13-6-3-2-4-7-13/h2-4,6-7,12,14-15H,5,8-11,20H2,1H3,(H,21,24)(H,26,27)/t12-,14?,15-/m0/s1. The van der Waals surface area contributed by atoms with Crippen LogP contribution in [0.5, 0.6) is 0 Å². The van der Waals surface area contributed by atoms with Crippen LogP contribution in [0, 0.1) is 0 Å². The van der Waals surface area contributed by atoms with Crippen molar-refractivity contribution >= 4 is 23.8 Å². The van der Waals surface area contributed by atoms with Crippen molar-refractivity contribution in [3.05, 3.63) is 35.9 Å². The molecule has 0 saturated carbocycles. The summed E-state index contributed by atoms with van der Waals surface area (Å²) < 4.78 is 5.08. The molecule has 9 nitrogen and oxygen atoms in total. The average molecular weight is 391 g/mol. The largest absolute Gasteiger partial charge is 0.480 e. The lowest BCUT2D eigenvalue weighted by Crippen LogP contribution is -2.53. The number of nitrogens with zero attached hydrogens (tertiary/aromatic N) is 1. The molecule has 9 heteroatoms. The number of carbonyl (C=O) groups excluding carboxylic acids is 3. The first-order valence-corrected chi connectivity index (χ1v) is 9.08. The summed E-state index contributed by atoms with van der Waals surface area (Å²) in [6.45, 7) is 1.86. The number of carboxylic acid groups (broad SMARTS) is 1. The number of benzene rings is 1. The molecule has 1 aromatic rings. The minimum Gasteiger partial charge on any atom is -0.480 e. The van der Waals surface area contributed by atoms with E-state index >= 15 is 0 Å². The fourth-order valence-corrected chi connectivity index (χ4v) is 2.99. The summed E-state index contributed by atoms with van der Waals surface area (Å²) in [5, 5.41) is 11.6. The summed E-state index contributed by atoms with van der Waals surface area (Å²) in [5.74, 6) is -2.86. The van der Waals surface area contributed by atoms with E-state index in [-0.39, 0.29) is 13.0 Å². The molecule has 4 N–H and O–H groups in total. The second kappa shape index (κ2) is 9.84. The number of esters is 1. The Hall–Kier alpha value is -2.94. The van der Waals surface area contributed by atoms with Crippen LogP contribution in [0.25, 0.3) is 0 Å². The van der Waals surface area contributed by atoms with Crippen molar-refractivity contribution < 1.29 is 29.0 Å². The Morgan fingerprint density at radius 2 is 1.96 bits per heavy atom. The number of amides is 2. The van der Waals surface area contributed by atoms with E-state index in [1.54, 1.807) is 12.1 Å². The third-order valence-electron chi connectivity index (χ3n) is 4.52. The highest BCUT2D eigenvalue weighted by atomic mass is 16.5. The molecule has 0 aliphatic carbocycles. The highest BCUT2D eigenvalue weighted by Gasteiger charge is 2.36. The van der Waals surface area contributed by atoms with E-state index in [1.807, 2.05) is 18.2 Å². The van der Waals surface area contributed by atoms with Gasteiger partial charge >= 0.3 is 11.9 Å². The van der Waals surface area contributed by atoms with Crippen LogP contribution in [0.3, 0.4) is 0 Å². The van der Waals surface area contributed by atoms with Crippen LogP contribution in [0.2, 0.25) is 0 Å². The van der Waals surface area contributed by atoms with Crippen molar-refractivity contribution in [3.8, 4) is 0 Å². The maximum Gasteiger partial charge on any atom is 0.326 e. The van der Waals surface area contributed by atoms with Gasteiger partial charge in [-0.2, -0.15) is 0 Å². The maximum atomic E-state index is 12.4. The van der Waals surface area contributed by atoms with Gasteiger partial charge in [0.1, 0.15) is 18.7 Å². The number of aliphatic carboxylic acids is 1. The first kappa shape index (κ1) is 21.4. The van der Waals surface area contributed by atoms with Crippen LogP contribution in [0.1, 0.15) is 31.7 Å². The van der Waals surface area contributed by atoms with Gasteiger partial charge in [-0.15, -0.1) is 0 Å². The molecule has 1 aliphatic rings. The highest BCUT2D eigenvalue weighted by Crippen LogP contribution is 2.18. The predicted molar refractivity (Wildman–Crippen MR) is 98.8 cm³/mol. The SMILES string of the molecule is C[C@H](NC(=O)C(N)CC(=O)OCc1ccccc1)C(=O)N1CCC[C@H]1C(=O)O. The summed E-state index contributed by atoms with van der Waals surface area (Å²) in [6, 6.07) is 6.08. The lowest BCUT2D eigenvalue weighted by atomic mass is 10.1. The third-order valence-corrected chi connectivity index (χ3v) is 4.52. The second-order valence-corrected chi connectivity index (χ2v) is 6.72. The molecule has 1 fully saturated rings. The molecule has 1 aromatic carbocycles. The summed E-state index contributed by atoms with van der Waals surface area (Å²) in [6.07, 6.45) is 0.645. The van der Waals surface area contributed by atoms with Gasteiger partial charge in [-0.1, -0.05) is 30.3 Å². The molecule has 0 spiro atoms. The number of hydrogen-bond donors (Lipinski definition) is 3. The molecule has 2 amide bonds. The van der Waals surface area contributed by atoms with Crippen molar-refractivity contribution in [2.75, 3.05) is 6.54 Å². The molecule has 1 aliphatic heterocycles. The van der Waals surface area contributed by atoms with Crippen LogP contribution in [-0.2, 0) is 30.5 Å². The number of rotatable bonds is 8. The van der Waals surface area contributed by atoms with Gasteiger partial charge in [-0.05, 0) is 25.3 Å². The van der Waals surface area contributed by atoms with Gasteiger partial charge in [0, 0.05) is 6.54 Å². The fraction of sp³-hybridized carbons (Fsp3) is 0.474. The number of ether oxygens (including phenoxy) is 1. The molecule has 0 bridgehead atoms. The summed E-state index contributed by atoms with van der Waals surface area (Å²) in [4.78, 5) is 48.9. The second-order valence-electron chi connectivity index (χ2n) is 6.72. The number of nitrogens with two attached hydrogens (primary N) is 1. The lowest BCUT2D eigenvalue weighted by Gasteiger charge is -2.26. The molecular formula is C19H25N3O6. The molecule has 0 aromatic heterocycles. The van der Waals surface area contributed by atoms with Crippen LogP contribution in [-0.4, -0.2) is 58.4 Å². The van der Waals surface area contributed by atoms with Gasteiger partial charge in [0.05, 0.1) is 12.5 Å². The van der Waals surface area contributed by atoms with Crippen molar-refractivity contribution in [1.29, 1.82) is 0 Å². The Kier molecular flexibility index (Phi) is 7.51. The molecule has 152 valence electrons. The summed E-state index contributed by atoms with van der Waals surface area (Å²) >= 11 is 0. The van der Waals surface area contributed by atoms with Crippen LogP contribution in [0.4, 0.5) is 0 Å². The Balaban J connectivity index is 1.79. The Morgan fingerprint density at radius 3 is 2.61 bits per heavy atom. The van der Waals surface area contributed by atoms with E-state index in [0.29, 0.717) is 19.4 Å². The third kappa shape index (κ3) is 5.78. The molecule has 1 heterocycles. The Labute approximate surface area is 162 Å². The Bertz CT molecular complexity index is 724. The first-order valence-electron chi connectivity index (χ1n) is 9.08. The topological polar surface area (TPSA) is 139 Å². The van der Waals surface area contributed by atoms with E-state index in [2.05, 4.69) is 5.32 Å². The van der Waals surface area contributed by atoms with Crippen LogP contribution >= 0.6 is 0 Å². The molecule has 0 radical (unpaired) electrons. The van der Waals surface area contributed by atoms with Gasteiger partial charge in [0.25, 0.3) is 0 Å². The number of carboxylic acids is 1. The fourth-order valence-electron chi connectivity index (χ4n) is 2.99. The highest BCUT2D eigenvalue weighted by molar-refractivity contribution is 5.93. The average Bonchev–Trinajstić information content (AvgIpc) is 3.16. The molecule has 28 heavy (non-hydrogen) atoms. The molecule has 2 rings (SSSR count). The van der Waals surface area contributed by atoms with Crippen molar-refractivity contribution in [3.63, 3.8) is 0 Å². The predicted octanol–water partition coefficient (Wildman–Crippen LogP) is 0.0275. The zero-order valence-electron chi connectivity index (χ0n) is 15.7. The van der Waals surface area contributed by atoms with Gasteiger partial charge < -0.3 is 25.8 Å². The molecule has 1 unspecified atom stereocenters. The Morgan fingerprint density at radius 1 is 1.29 bits per heavy atom.